The molecule has 0 radical (unpaired) electrons. The highest BCUT2D eigenvalue weighted by Crippen LogP contribution is 2.30. The molecule has 0 atom stereocenters. The lowest BCUT2D eigenvalue weighted by Crippen LogP contribution is -2.55. The summed E-state index contributed by atoms with van der Waals surface area (Å²) in [5.41, 5.74) is 2.03. The number of nitrogens with one attached hydrogen (secondary N) is 2. The second kappa shape index (κ2) is 10.9. The van der Waals surface area contributed by atoms with E-state index in [1.54, 1.807) is 31.5 Å². The fraction of sp³-hybridized carbons (Fsp3) is 0.310. The highest BCUT2D eigenvalue weighted by Gasteiger charge is 2.51. The number of anilines is 1. The largest absolute Gasteiger partial charge is 0.346 e. The van der Waals surface area contributed by atoms with E-state index in [9.17, 15) is 22.8 Å². The summed E-state index contributed by atoms with van der Waals surface area (Å²) >= 11 is 0. The van der Waals surface area contributed by atoms with Crippen molar-refractivity contribution in [1.29, 1.82) is 0 Å². The molecule has 2 fully saturated rings. The van der Waals surface area contributed by atoms with Crippen LogP contribution in [-0.4, -0.2) is 88.0 Å². The van der Waals surface area contributed by atoms with Crippen molar-refractivity contribution in [2.24, 2.45) is 0 Å². The van der Waals surface area contributed by atoms with Crippen LogP contribution in [0, 0.1) is 6.92 Å². The number of piperidine rings is 1. The van der Waals surface area contributed by atoms with Gasteiger partial charge in [-0.15, -0.1) is 0 Å². The lowest BCUT2D eigenvalue weighted by molar-refractivity contribution is -0.131. The molecule has 6 heterocycles. The van der Waals surface area contributed by atoms with Crippen molar-refractivity contribution >= 4 is 44.5 Å². The second-order valence-corrected chi connectivity index (χ2v) is 12.9. The molecule has 0 aliphatic carbocycles. The van der Waals surface area contributed by atoms with Crippen LogP contribution in [0.15, 0.2) is 53.8 Å². The number of hydrogen-bond acceptors (Lipinski definition) is 11. The molecule has 15 heteroatoms. The number of urea groups is 1. The van der Waals surface area contributed by atoms with Crippen LogP contribution in [0.3, 0.4) is 0 Å². The molecule has 226 valence electrons. The van der Waals surface area contributed by atoms with E-state index in [2.05, 4.69) is 25.6 Å². The summed E-state index contributed by atoms with van der Waals surface area (Å²) in [7, 11) is -2.05. The number of amides is 4. The van der Waals surface area contributed by atoms with E-state index in [0.29, 0.717) is 60.2 Å². The molecule has 2 saturated heterocycles. The number of pyridine rings is 3. The molecule has 4 aromatic rings. The molecule has 2 N–H and O–H groups in total. The monoisotopic (exact) mass is 615 g/mol. The Kier molecular flexibility index (Phi) is 7.19. The lowest BCUT2D eigenvalue weighted by Gasteiger charge is -2.37. The minimum atomic E-state index is -3.53. The van der Waals surface area contributed by atoms with Crippen LogP contribution in [-0.2, 0) is 21.2 Å². The second-order valence-electron chi connectivity index (χ2n) is 10.9. The highest BCUT2D eigenvalue weighted by atomic mass is 32.2. The Bertz CT molecular complexity index is 1940. The minimum absolute atomic E-state index is 0.00744. The van der Waals surface area contributed by atoms with Gasteiger partial charge in [0.05, 0.1) is 45.3 Å². The van der Waals surface area contributed by atoms with Gasteiger partial charge >= 0.3 is 6.03 Å². The number of fused-ring (bicyclic) bond motifs is 1. The smallest absolute Gasteiger partial charge is 0.324 e. The average molecular weight is 616 g/mol. The van der Waals surface area contributed by atoms with Gasteiger partial charge in [-0.1, -0.05) is 0 Å². The number of carbonyl (C=O) groups is 3. The summed E-state index contributed by atoms with van der Waals surface area (Å²) < 4.78 is 24.0. The number of hydrogen-bond donors (Lipinski definition) is 2. The quantitative estimate of drug-likeness (QED) is 0.301. The summed E-state index contributed by atoms with van der Waals surface area (Å²) in [6.45, 7) is 2.67. The summed E-state index contributed by atoms with van der Waals surface area (Å²) in [4.78, 5) is 62.9. The van der Waals surface area contributed by atoms with E-state index in [-0.39, 0.29) is 28.9 Å². The molecule has 14 nitrogen and oxygen atoms in total. The van der Waals surface area contributed by atoms with Gasteiger partial charge in [0, 0.05) is 50.4 Å². The third-order valence-electron chi connectivity index (χ3n) is 7.93. The number of likely N-dealkylation sites (N-methyl/N-ethyl adjacent to an activating group) is 1. The van der Waals surface area contributed by atoms with Crippen molar-refractivity contribution in [3.63, 3.8) is 0 Å². The van der Waals surface area contributed by atoms with E-state index in [1.165, 1.54) is 19.3 Å². The molecule has 2 aliphatic heterocycles. The van der Waals surface area contributed by atoms with Crippen molar-refractivity contribution in [3.8, 4) is 11.4 Å². The van der Waals surface area contributed by atoms with Crippen molar-refractivity contribution in [1.82, 2.24) is 40.5 Å². The Balaban J connectivity index is 1.16. The molecule has 0 aromatic carbocycles. The molecule has 4 amide bonds. The predicted molar refractivity (Wildman–Crippen MR) is 159 cm³/mol. The SMILES string of the molecule is Cc1ncc(C(=O)NCc2cc3nc(-c4ccnc(N5CCC6(CC5)NC(=O)N(C)C6=O)n4)ccc3cn2)cc1S(C)(=O)=O. The number of imide groups is 1. The van der Waals surface area contributed by atoms with E-state index < -0.39 is 21.3 Å². The number of aryl methyl sites for hydroxylation is 1. The summed E-state index contributed by atoms with van der Waals surface area (Å²) in [6, 6.07) is 8.20. The fourth-order valence-electron chi connectivity index (χ4n) is 5.41. The molecule has 0 bridgehead atoms. The third kappa shape index (κ3) is 5.41. The van der Waals surface area contributed by atoms with Gasteiger partial charge in [0.25, 0.3) is 11.8 Å². The lowest BCUT2D eigenvalue weighted by atomic mass is 9.87. The van der Waals surface area contributed by atoms with Gasteiger partial charge in [-0.2, -0.15) is 0 Å². The Morgan fingerprint density at radius 1 is 1.02 bits per heavy atom. The van der Waals surface area contributed by atoms with Crippen LogP contribution in [0.4, 0.5) is 10.7 Å². The summed E-state index contributed by atoms with van der Waals surface area (Å²) in [5.74, 6) is -0.180. The van der Waals surface area contributed by atoms with Gasteiger partial charge < -0.3 is 15.5 Å². The first-order valence-corrected chi connectivity index (χ1v) is 15.7. The Morgan fingerprint density at radius 3 is 2.48 bits per heavy atom. The van der Waals surface area contributed by atoms with Gasteiger partial charge in [-0.3, -0.25) is 24.5 Å². The number of rotatable bonds is 6. The van der Waals surface area contributed by atoms with Gasteiger partial charge in [-0.25, -0.2) is 28.2 Å². The topological polar surface area (TPSA) is 180 Å². The Labute approximate surface area is 252 Å². The van der Waals surface area contributed by atoms with Gasteiger partial charge in [0.15, 0.2) is 9.84 Å². The minimum Gasteiger partial charge on any atom is -0.346 e. The molecule has 44 heavy (non-hydrogen) atoms. The van der Waals surface area contributed by atoms with Crippen LogP contribution in [0.25, 0.3) is 22.3 Å². The van der Waals surface area contributed by atoms with Gasteiger partial charge in [-0.05, 0) is 50.1 Å². The standard InChI is InChI=1S/C29H29N9O5S/c1-17-24(44(3,42)43)12-19(15-31-17)25(39)33-16-20-13-23-18(14-32-20)4-5-21(34-23)22-6-9-30-27(35-22)38-10-7-29(8-11-38)26(40)37(2)28(41)36-29/h4-6,9,12-15H,7-8,10-11,16H2,1-3H3,(H,33,39)(H,36,41). The summed E-state index contributed by atoms with van der Waals surface area (Å²) in [5, 5.41) is 6.40. The predicted octanol–water partition coefficient (Wildman–Crippen LogP) is 1.64. The number of nitrogens with zero attached hydrogens (tertiary/aromatic N) is 7. The molecule has 2 aliphatic rings. The number of aromatic nitrogens is 5. The molecular formula is C29H29N9O5S. The maximum atomic E-state index is 12.7. The molecule has 4 aromatic heterocycles. The Hall–Kier alpha value is -5.05. The first-order chi connectivity index (χ1) is 20.9. The molecule has 0 unspecified atom stereocenters. The highest BCUT2D eigenvalue weighted by molar-refractivity contribution is 7.90. The normalized spacial score (nSPS) is 16.4. The van der Waals surface area contributed by atoms with Gasteiger partial charge in [0.1, 0.15) is 5.54 Å². The molecule has 1 spiro atoms. The summed E-state index contributed by atoms with van der Waals surface area (Å²) in [6.07, 6.45) is 6.64. The fourth-order valence-corrected chi connectivity index (χ4v) is 6.34. The zero-order chi connectivity index (χ0) is 31.2. The zero-order valence-electron chi connectivity index (χ0n) is 24.2. The van der Waals surface area contributed by atoms with Crippen LogP contribution in [0.1, 0.15) is 34.6 Å². The van der Waals surface area contributed by atoms with E-state index in [4.69, 9.17) is 9.97 Å². The first-order valence-electron chi connectivity index (χ1n) is 13.8. The van der Waals surface area contributed by atoms with Crippen LogP contribution in [0.5, 0.6) is 0 Å². The van der Waals surface area contributed by atoms with Crippen LogP contribution in [0.2, 0.25) is 0 Å². The number of carbonyl (C=O) groups excluding carboxylic acids is 3. The number of sulfone groups is 1. The third-order valence-corrected chi connectivity index (χ3v) is 9.14. The maximum absolute atomic E-state index is 12.7. The van der Waals surface area contributed by atoms with E-state index >= 15 is 0 Å². The Morgan fingerprint density at radius 2 is 1.77 bits per heavy atom. The zero-order valence-corrected chi connectivity index (χ0v) is 25.1. The van der Waals surface area contributed by atoms with Crippen molar-refractivity contribution in [3.05, 3.63) is 65.9 Å². The first kappa shape index (κ1) is 29.0. The van der Waals surface area contributed by atoms with E-state index in [0.717, 1.165) is 16.5 Å². The molecular weight excluding hydrogens is 586 g/mol. The van der Waals surface area contributed by atoms with Gasteiger partial charge in [0.2, 0.25) is 5.95 Å². The van der Waals surface area contributed by atoms with Crippen LogP contribution >= 0.6 is 0 Å². The van der Waals surface area contributed by atoms with Crippen molar-refractivity contribution in [2.75, 3.05) is 31.3 Å². The van der Waals surface area contributed by atoms with Crippen LogP contribution < -0.4 is 15.5 Å². The molecule has 0 saturated carbocycles. The molecule has 6 rings (SSSR count). The average Bonchev–Trinajstić information content (AvgIpc) is 3.22. The maximum Gasteiger partial charge on any atom is 0.324 e. The van der Waals surface area contributed by atoms with Crippen molar-refractivity contribution < 1.29 is 22.8 Å². The van der Waals surface area contributed by atoms with E-state index in [1.807, 2.05) is 17.0 Å². The van der Waals surface area contributed by atoms with Crippen molar-refractivity contribution in [2.45, 2.75) is 36.7 Å².